The van der Waals surface area contributed by atoms with Gasteiger partial charge in [0.05, 0.1) is 36.1 Å². The Morgan fingerprint density at radius 3 is 2.96 bits per heavy atom. The number of methoxy groups -OCH3 is 1. The molecule has 3 aromatic rings. The number of amides is 1. The summed E-state index contributed by atoms with van der Waals surface area (Å²) in [5.74, 6) is 0.465. The molecule has 2 atom stereocenters. The van der Waals surface area contributed by atoms with E-state index in [4.69, 9.17) is 10.5 Å². The van der Waals surface area contributed by atoms with Crippen molar-refractivity contribution in [3.63, 3.8) is 0 Å². The molecule has 1 aliphatic rings. The largest absolute Gasteiger partial charge is 0.382 e. The minimum absolute atomic E-state index is 0.00572. The van der Waals surface area contributed by atoms with Gasteiger partial charge in [0.2, 0.25) is 0 Å². The van der Waals surface area contributed by atoms with Crippen LogP contribution in [-0.4, -0.2) is 55.9 Å². The first-order valence-electron chi connectivity index (χ1n) is 8.59. The summed E-state index contributed by atoms with van der Waals surface area (Å²) in [4.78, 5) is 19.4. The predicted molar refractivity (Wildman–Crippen MR) is 97.6 cm³/mol. The third-order valence-electron chi connectivity index (χ3n) is 5.00. The number of carbonyl (C=O) groups excluding carboxylic acids is 1. The number of aromatic nitrogens is 4. The van der Waals surface area contributed by atoms with E-state index in [1.165, 1.54) is 0 Å². The topological polar surface area (TPSA) is 91.2 Å². The number of hydrogen-bond donors (Lipinski definition) is 1. The van der Waals surface area contributed by atoms with Gasteiger partial charge in [-0.15, -0.1) is 0 Å². The number of anilines is 1. The number of benzene rings is 1. The molecule has 26 heavy (non-hydrogen) atoms. The number of ether oxygens (including phenoxy) is 1. The van der Waals surface area contributed by atoms with E-state index in [-0.39, 0.29) is 18.1 Å². The Balaban J connectivity index is 1.60. The fraction of sp³-hybridized carbons (Fsp3) is 0.389. The first kappa shape index (κ1) is 16.6. The number of nitrogen functional groups attached to an aromatic ring is 1. The minimum atomic E-state index is -0.0118. The quantitative estimate of drug-likeness (QED) is 0.762. The van der Waals surface area contributed by atoms with Crippen LogP contribution in [-0.2, 0) is 18.3 Å². The third-order valence-corrected chi connectivity index (χ3v) is 5.00. The third kappa shape index (κ3) is 2.92. The van der Waals surface area contributed by atoms with Crippen LogP contribution < -0.4 is 5.73 Å². The second kappa shape index (κ2) is 6.45. The van der Waals surface area contributed by atoms with Crippen molar-refractivity contribution < 1.29 is 9.53 Å². The van der Waals surface area contributed by atoms with Crippen LogP contribution in [0.3, 0.4) is 0 Å². The first-order chi connectivity index (χ1) is 12.5. The molecule has 1 saturated heterocycles. The lowest BCUT2D eigenvalue weighted by Gasteiger charge is -2.24. The van der Waals surface area contributed by atoms with Crippen molar-refractivity contribution in [2.75, 3.05) is 19.4 Å². The van der Waals surface area contributed by atoms with Gasteiger partial charge < -0.3 is 19.9 Å². The van der Waals surface area contributed by atoms with E-state index >= 15 is 0 Å². The summed E-state index contributed by atoms with van der Waals surface area (Å²) in [7, 11) is 3.62. The lowest BCUT2D eigenvalue weighted by Crippen LogP contribution is -2.38. The first-order valence-corrected chi connectivity index (χ1v) is 8.59. The molecule has 2 aromatic heterocycles. The molecule has 1 aliphatic heterocycles. The predicted octanol–water partition coefficient (Wildman–Crippen LogP) is 1.28. The van der Waals surface area contributed by atoms with Gasteiger partial charge in [-0.1, -0.05) is 0 Å². The number of aryl methyl sites for hydroxylation is 1. The summed E-state index contributed by atoms with van der Waals surface area (Å²) < 4.78 is 9.22. The van der Waals surface area contributed by atoms with E-state index in [2.05, 4.69) is 10.1 Å². The van der Waals surface area contributed by atoms with Crippen molar-refractivity contribution in [3.05, 3.63) is 42.4 Å². The van der Waals surface area contributed by atoms with E-state index in [9.17, 15) is 4.79 Å². The molecule has 0 aliphatic carbocycles. The summed E-state index contributed by atoms with van der Waals surface area (Å²) in [5.41, 5.74) is 8.16. The number of fused-ring (bicyclic) bond motifs is 1. The van der Waals surface area contributed by atoms with Crippen LogP contribution in [0.4, 0.5) is 5.82 Å². The molecule has 3 heterocycles. The zero-order chi connectivity index (χ0) is 18.3. The van der Waals surface area contributed by atoms with E-state index in [0.29, 0.717) is 24.5 Å². The molecule has 2 N–H and O–H groups in total. The number of nitrogens with two attached hydrogens (primary N) is 1. The molecule has 0 bridgehead atoms. The van der Waals surface area contributed by atoms with Crippen LogP contribution in [0.15, 0.2) is 36.8 Å². The summed E-state index contributed by atoms with van der Waals surface area (Å²) in [5, 5.41) is 4.24. The molecular formula is C18H22N6O2. The van der Waals surface area contributed by atoms with Crippen LogP contribution in [0.25, 0.3) is 11.0 Å². The maximum absolute atomic E-state index is 13.1. The van der Waals surface area contributed by atoms with Gasteiger partial charge >= 0.3 is 0 Å². The Morgan fingerprint density at radius 1 is 1.38 bits per heavy atom. The maximum Gasteiger partial charge on any atom is 0.254 e. The van der Waals surface area contributed by atoms with Crippen LogP contribution in [0, 0.1) is 0 Å². The highest BCUT2D eigenvalue weighted by atomic mass is 16.5. The van der Waals surface area contributed by atoms with Crippen molar-refractivity contribution in [3.8, 4) is 0 Å². The molecule has 4 rings (SSSR count). The van der Waals surface area contributed by atoms with E-state index in [0.717, 1.165) is 17.5 Å². The Bertz CT molecular complexity index is 946. The van der Waals surface area contributed by atoms with E-state index in [1.807, 2.05) is 40.9 Å². The molecule has 136 valence electrons. The number of rotatable bonds is 4. The normalized spacial score (nSPS) is 20.2. The average molecular weight is 354 g/mol. The summed E-state index contributed by atoms with van der Waals surface area (Å²) in [6.45, 7) is 1.16. The number of hydrogen-bond acceptors (Lipinski definition) is 5. The highest BCUT2D eigenvalue weighted by Gasteiger charge is 2.36. The van der Waals surface area contributed by atoms with Crippen molar-refractivity contribution in [1.82, 2.24) is 24.2 Å². The van der Waals surface area contributed by atoms with Crippen LogP contribution in [0.2, 0.25) is 0 Å². The molecule has 8 nitrogen and oxygen atoms in total. The minimum Gasteiger partial charge on any atom is -0.382 e. The van der Waals surface area contributed by atoms with Crippen LogP contribution in [0.5, 0.6) is 0 Å². The average Bonchev–Trinajstić information content (AvgIpc) is 3.34. The van der Waals surface area contributed by atoms with Gasteiger partial charge in [0, 0.05) is 32.5 Å². The van der Waals surface area contributed by atoms with Gasteiger partial charge in [-0.3, -0.25) is 9.48 Å². The van der Waals surface area contributed by atoms with Crippen molar-refractivity contribution in [2.45, 2.75) is 25.1 Å². The molecule has 1 amide bonds. The molecule has 0 saturated carbocycles. The lowest BCUT2D eigenvalue weighted by molar-refractivity contribution is 0.0679. The van der Waals surface area contributed by atoms with Gasteiger partial charge in [-0.25, -0.2) is 4.98 Å². The maximum atomic E-state index is 13.1. The zero-order valence-corrected chi connectivity index (χ0v) is 14.9. The lowest BCUT2D eigenvalue weighted by atomic mass is 10.1. The van der Waals surface area contributed by atoms with Gasteiger partial charge in [0.25, 0.3) is 5.91 Å². The zero-order valence-electron chi connectivity index (χ0n) is 14.9. The highest BCUT2D eigenvalue weighted by molar-refractivity contribution is 5.97. The summed E-state index contributed by atoms with van der Waals surface area (Å²) in [6.07, 6.45) is 4.38. The van der Waals surface area contributed by atoms with Gasteiger partial charge in [0.15, 0.2) is 0 Å². The molecule has 1 aromatic carbocycles. The Morgan fingerprint density at radius 2 is 2.23 bits per heavy atom. The molecule has 1 fully saturated rings. The van der Waals surface area contributed by atoms with Gasteiger partial charge in [-0.05, 0) is 30.7 Å². The standard InChI is InChI=1S/C18H22N6O2/c1-22-11-20-15-7-12(3-4-16(15)22)18(25)24-10-14(26-2)8-13(24)9-23-6-5-17(19)21-23/h3-7,11,13-14H,8-10H2,1-2H3,(H2,19,21)/t13-,14-/m0/s1. The number of likely N-dealkylation sites (tertiary alicyclic amines) is 1. The summed E-state index contributed by atoms with van der Waals surface area (Å²) >= 11 is 0. The SMILES string of the molecule is CO[C@H]1C[C@@H](Cn2ccc(N)n2)N(C(=O)c2ccc3c(c2)ncn3C)C1. The van der Waals surface area contributed by atoms with E-state index in [1.54, 1.807) is 24.2 Å². The van der Waals surface area contributed by atoms with Crippen molar-refractivity contribution in [1.29, 1.82) is 0 Å². The van der Waals surface area contributed by atoms with Gasteiger partial charge in [0.1, 0.15) is 5.82 Å². The molecule has 0 unspecified atom stereocenters. The fourth-order valence-electron chi connectivity index (χ4n) is 3.60. The van der Waals surface area contributed by atoms with Crippen molar-refractivity contribution in [2.24, 2.45) is 7.05 Å². The Kier molecular flexibility index (Phi) is 4.12. The Labute approximate surface area is 151 Å². The van der Waals surface area contributed by atoms with E-state index < -0.39 is 0 Å². The second-order valence-corrected chi connectivity index (χ2v) is 6.73. The summed E-state index contributed by atoms with van der Waals surface area (Å²) in [6, 6.07) is 7.40. The van der Waals surface area contributed by atoms with Crippen molar-refractivity contribution >= 4 is 22.8 Å². The highest BCUT2D eigenvalue weighted by Crippen LogP contribution is 2.25. The molecular weight excluding hydrogens is 332 g/mol. The molecule has 0 spiro atoms. The second-order valence-electron chi connectivity index (χ2n) is 6.73. The monoisotopic (exact) mass is 354 g/mol. The number of carbonyl (C=O) groups is 1. The smallest absolute Gasteiger partial charge is 0.254 e. The Hall–Kier alpha value is -2.87. The van der Waals surface area contributed by atoms with Gasteiger partial charge in [-0.2, -0.15) is 5.10 Å². The van der Waals surface area contributed by atoms with Crippen LogP contribution in [0.1, 0.15) is 16.8 Å². The number of imidazole rings is 1. The fourth-order valence-corrected chi connectivity index (χ4v) is 3.60. The molecule has 8 heteroatoms. The number of nitrogens with zero attached hydrogens (tertiary/aromatic N) is 5. The molecule has 0 radical (unpaired) electrons. The van der Waals surface area contributed by atoms with Crippen LogP contribution >= 0.6 is 0 Å².